The summed E-state index contributed by atoms with van der Waals surface area (Å²) >= 11 is 0. The Bertz CT molecular complexity index is 827. The standard InChI is InChI=1S/C23H35N3O5/c1-14(2)18(11-15(3)22(29)30)26(7)21(28)20(31-23(4,5)6)25-19(27)17-10-8-9-16(12-17)13-24/h8-12,14,18,20H,13,24H2,1-7H3,(H,25,27)(H,29,30)/b15-11+/t18-,20?/m1/s1. The van der Waals surface area contributed by atoms with Gasteiger partial charge in [-0.2, -0.15) is 0 Å². The number of hydrogen-bond acceptors (Lipinski definition) is 5. The molecule has 0 saturated carbocycles. The highest BCUT2D eigenvalue weighted by Gasteiger charge is 2.33. The first-order valence-electron chi connectivity index (χ1n) is 10.2. The molecule has 0 aliphatic carbocycles. The highest BCUT2D eigenvalue weighted by molar-refractivity contribution is 5.97. The fourth-order valence-electron chi connectivity index (χ4n) is 2.95. The molecule has 31 heavy (non-hydrogen) atoms. The highest BCUT2D eigenvalue weighted by atomic mass is 16.5. The number of likely N-dealkylation sites (N-methyl/N-ethyl adjacent to an activating group) is 1. The number of hydrogen-bond donors (Lipinski definition) is 3. The molecular weight excluding hydrogens is 398 g/mol. The number of ether oxygens (including phenoxy) is 1. The molecule has 8 heteroatoms. The monoisotopic (exact) mass is 433 g/mol. The Morgan fingerprint density at radius 2 is 1.87 bits per heavy atom. The Kier molecular flexibility index (Phi) is 9.40. The van der Waals surface area contributed by atoms with E-state index in [4.69, 9.17) is 10.5 Å². The van der Waals surface area contributed by atoms with Crippen LogP contribution in [0.2, 0.25) is 0 Å². The lowest BCUT2D eigenvalue weighted by Gasteiger charge is -2.34. The smallest absolute Gasteiger partial charge is 0.331 e. The van der Waals surface area contributed by atoms with E-state index in [-0.39, 0.29) is 18.0 Å². The average molecular weight is 434 g/mol. The van der Waals surface area contributed by atoms with Gasteiger partial charge in [0.15, 0.2) is 0 Å². The molecule has 0 saturated heterocycles. The molecule has 0 aliphatic heterocycles. The Morgan fingerprint density at radius 1 is 1.26 bits per heavy atom. The van der Waals surface area contributed by atoms with Crippen LogP contribution in [0.15, 0.2) is 35.9 Å². The second-order valence-electron chi connectivity index (χ2n) is 8.83. The largest absolute Gasteiger partial charge is 0.478 e. The summed E-state index contributed by atoms with van der Waals surface area (Å²) in [5.41, 5.74) is 6.22. The van der Waals surface area contributed by atoms with Gasteiger partial charge >= 0.3 is 5.97 Å². The van der Waals surface area contributed by atoms with Crippen molar-refractivity contribution in [1.29, 1.82) is 0 Å². The molecular formula is C23H35N3O5. The topological polar surface area (TPSA) is 122 Å². The van der Waals surface area contributed by atoms with Crippen LogP contribution in [0.25, 0.3) is 0 Å². The van der Waals surface area contributed by atoms with Crippen molar-refractivity contribution in [2.45, 2.75) is 66.0 Å². The van der Waals surface area contributed by atoms with E-state index in [1.165, 1.54) is 17.9 Å². The lowest BCUT2D eigenvalue weighted by atomic mass is 10.00. The summed E-state index contributed by atoms with van der Waals surface area (Å²) in [6.07, 6.45) is 0.282. The number of carboxylic acids is 1. The SMILES string of the molecule is C/C(=C\[C@H](C(C)C)N(C)C(=O)C(NC(=O)c1cccc(CN)c1)OC(C)(C)C)C(=O)O. The Labute approximate surface area is 184 Å². The molecule has 0 spiro atoms. The van der Waals surface area contributed by atoms with Crippen molar-refractivity contribution in [3.63, 3.8) is 0 Å². The molecule has 2 amide bonds. The van der Waals surface area contributed by atoms with E-state index in [1.807, 2.05) is 19.9 Å². The molecule has 4 N–H and O–H groups in total. The summed E-state index contributed by atoms with van der Waals surface area (Å²) in [7, 11) is 1.57. The van der Waals surface area contributed by atoms with Gasteiger partial charge < -0.3 is 25.8 Å². The zero-order chi connectivity index (χ0) is 23.9. The molecule has 8 nitrogen and oxygen atoms in total. The zero-order valence-corrected chi connectivity index (χ0v) is 19.4. The maximum atomic E-state index is 13.3. The molecule has 0 bridgehead atoms. The molecule has 1 aromatic carbocycles. The maximum absolute atomic E-state index is 13.3. The van der Waals surface area contributed by atoms with Crippen molar-refractivity contribution in [3.05, 3.63) is 47.0 Å². The number of amides is 2. The van der Waals surface area contributed by atoms with Crippen LogP contribution in [-0.2, 0) is 20.9 Å². The molecule has 0 fully saturated rings. The molecule has 1 unspecified atom stereocenters. The van der Waals surface area contributed by atoms with Gasteiger partial charge in [-0.05, 0) is 51.3 Å². The normalized spacial score (nSPS) is 14.2. The lowest BCUT2D eigenvalue weighted by Crippen LogP contribution is -2.54. The average Bonchev–Trinajstić information content (AvgIpc) is 2.68. The third-order valence-electron chi connectivity index (χ3n) is 4.62. The lowest BCUT2D eigenvalue weighted by molar-refractivity contribution is -0.156. The molecule has 2 atom stereocenters. The number of benzene rings is 1. The second kappa shape index (κ2) is 11.1. The second-order valence-corrected chi connectivity index (χ2v) is 8.83. The van der Waals surface area contributed by atoms with Crippen LogP contribution in [0, 0.1) is 5.92 Å². The molecule has 0 aromatic heterocycles. The Morgan fingerprint density at radius 3 is 2.35 bits per heavy atom. The summed E-state index contributed by atoms with van der Waals surface area (Å²) in [5, 5.41) is 11.9. The van der Waals surface area contributed by atoms with Crippen LogP contribution in [0.1, 0.15) is 57.5 Å². The van der Waals surface area contributed by atoms with Crippen LogP contribution in [0.4, 0.5) is 0 Å². The van der Waals surface area contributed by atoms with Crippen molar-refractivity contribution in [3.8, 4) is 0 Å². The summed E-state index contributed by atoms with van der Waals surface area (Å²) in [4.78, 5) is 38.8. The van der Waals surface area contributed by atoms with Gasteiger partial charge in [-0.15, -0.1) is 0 Å². The molecule has 1 aromatic rings. The zero-order valence-electron chi connectivity index (χ0n) is 19.4. The van der Waals surface area contributed by atoms with E-state index in [0.717, 1.165) is 5.56 Å². The number of nitrogens with zero attached hydrogens (tertiary/aromatic N) is 1. The predicted octanol–water partition coefficient (Wildman–Crippen LogP) is 2.53. The quantitative estimate of drug-likeness (QED) is 0.406. The molecule has 1 rings (SSSR count). The van der Waals surface area contributed by atoms with Gasteiger partial charge in [-0.3, -0.25) is 9.59 Å². The van der Waals surface area contributed by atoms with Crippen LogP contribution < -0.4 is 11.1 Å². The third-order valence-corrected chi connectivity index (χ3v) is 4.62. The molecule has 172 valence electrons. The van der Waals surface area contributed by atoms with Gasteiger partial charge in [0.05, 0.1) is 11.6 Å². The van der Waals surface area contributed by atoms with E-state index in [2.05, 4.69) is 5.32 Å². The summed E-state index contributed by atoms with van der Waals surface area (Å²) in [5.74, 6) is -2.06. The molecule has 0 heterocycles. The van der Waals surface area contributed by atoms with Crippen molar-refractivity contribution < 1.29 is 24.2 Å². The van der Waals surface area contributed by atoms with E-state index in [1.54, 1.807) is 46.0 Å². The van der Waals surface area contributed by atoms with Gasteiger partial charge in [-0.1, -0.05) is 32.1 Å². The van der Waals surface area contributed by atoms with Gasteiger partial charge in [0, 0.05) is 24.7 Å². The summed E-state index contributed by atoms with van der Waals surface area (Å²) in [6.45, 7) is 10.9. The van der Waals surface area contributed by atoms with Crippen molar-refractivity contribution >= 4 is 17.8 Å². The third kappa shape index (κ3) is 8.15. The van der Waals surface area contributed by atoms with E-state index >= 15 is 0 Å². The number of carbonyl (C=O) groups is 3. The number of nitrogens with two attached hydrogens (primary N) is 1. The van der Waals surface area contributed by atoms with Gasteiger partial charge in [0.2, 0.25) is 6.23 Å². The number of aliphatic carboxylic acids is 1. The van der Waals surface area contributed by atoms with Crippen molar-refractivity contribution in [2.24, 2.45) is 11.7 Å². The van der Waals surface area contributed by atoms with Crippen LogP contribution in [-0.4, -0.2) is 52.7 Å². The Balaban J connectivity index is 3.20. The van der Waals surface area contributed by atoms with Crippen LogP contribution >= 0.6 is 0 Å². The van der Waals surface area contributed by atoms with Crippen LogP contribution in [0.3, 0.4) is 0 Å². The minimum absolute atomic E-state index is 0.0597. The van der Waals surface area contributed by atoms with E-state index in [0.29, 0.717) is 5.56 Å². The minimum atomic E-state index is -1.25. The Hall–Kier alpha value is -2.71. The van der Waals surface area contributed by atoms with Crippen LogP contribution in [0.5, 0.6) is 0 Å². The fraction of sp³-hybridized carbons (Fsp3) is 0.522. The van der Waals surface area contributed by atoms with Gasteiger partial charge in [0.25, 0.3) is 11.8 Å². The summed E-state index contributed by atoms with van der Waals surface area (Å²) < 4.78 is 5.87. The fourth-order valence-corrected chi connectivity index (χ4v) is 2.95. The first-order chi connectivity index (χ1) is 14.3. The number of carbonyl (C=O) groups excluding carboxylic acids is 2. The number of nitrogens with one attached hydrogen (secondary N) is 1. The van der Waals surface area contributed by atoms with E-state index < -0.39 is 35.7 Å². The number of rotatable bonds is 9. The minimum Gasteiger partial charge on any atom is -0.478 e. The first-order valence-corrected chi connectivity index (χ1v) is 10.2. The molecule has 0 radical (unpaired) electrons. The first kappa shape index (κ1) is 26.3. The van der Waals surface area contributed by atoms with Crippen molar-refractivity contribution in [2.75, 3.05) is 7.05 Å². The predicted molar refractivity (Wildman–Crippen MR) is 119 cm³/mol. The van der Waals surface area contributed by atoms with E-state index in [9.17, 15) is 19.5 Å². The summed E-state index contributed by atoms with van der Waals surface area (Å²) in [6, 6.07) is 6.33. The van der Waals surface area contributed by atoms with Crippen molar-refractivity contribution in [1.82, 2.24) is 10.2 Å². The maximum Gasteiger partial charge on any atom is 0.331 e. The van der Waals surface area contributed by atoms with Gasteiger partial charge in [-0.25, -0.2) is 4.79 Å². The number of carboxylic acid groups (broad SMARTS) is 1. The highest BCUT2D eigenvalue weighted by Crippen LogP contribution is 2.18. The molecule has 0 aliphatic rings. The van der Waals surface area contributed by atoms with Gasteiger partial charge in [0.1, 0.15) is 0 Å².